The normalized spacial score (nSPS) is 16.7. The average Bonchev–Trinajstić information content (AvgIpc) is 3.12. The minimum absolute atomic E-state index is 0.0188. The molecule has 1 aromatic carbocycles. The van der Waals surface area contributed by atoms with Gasteiger partial charge in [-0.1, -0.05) is 22.0 Å². The van der Waals surface area contributed by atoms with Crippen LogP contribution in [0.15, 0.2) is 40.2 Å². The van der Waals surface area contributed by atoms with Crippen LogP contribution in [0.1, 0.15) is 21.3 Å². The second kappa shape index (κ2) is 8.11. The summed E-state index contributed by atoms with van der Waals surface area (Å²) in [7, 11) is 0. The van der Waals surface area contributed by atoms with E-state index in [1.54, 1.807) is 23.5 Å². The van der Waals surface area contributed by atoms with Gasteiger partial charge in [0.2, 0.25) is 0 Å². The van der Waals surface area contributed by atoms with E-state index in [1.807, 2.05) is 11.4 Å². The summed E-state index contributed by atoms with van der Waals surface area (Å²) in [5, 5.41) is 14.9. The first kappa shape index (κ1) is 17.4. The van der Waals surface area contributed by atoms with Gasteiger partial charge < -0.3 is 15.2 Å². The number of hydrogen-bond acceptors (Lipinski definition) is 5. The quantitative estimate of drug-likeness (QED) is 0.794. The van der Waals surface area contributed by atoms with Crippen molar-refractivity contribution in [3.63, 3.8) is 0 Å². The molecule has 7 heteroatoms. The molecule has 2 N–H and O–H groups in total. The van der Waals surface area contributed by atoms with E-state index in [0.29, 0.717) is 19.8 Å². The number of halogens is 1. The summed E-state index contributed by atoms with van der Waals surface area (Å²) in [6.45, 7) is 3.61. The number of ether oxygens (including phenoxy) is 1. The molecule has 5 nitrogen and oxygen atoms in total. The Morgan fingerprint density at radius 2 is 2.17 bits per heavy atom. The van der Waals surface area contributed by atoms with Crippen molar-refractivity contribution < 1.29 is 14.6 Å². The highest BCUT2D eigenvalue weighted by Crippen LogP contribution is 2.26. The van der Waals surface area contributed by atoms with Gasteiger partial charge in [0.25, 0.3) is 5.91 Å². The molecule has 1 unspecified atom stereocenters. The van der Waals surface area contributed by atoms with Crippen molar-refractivity contribution in [3.05, 3.63) is 50.6 Å². The Labute approximate surface area is 153 Å². The monoisotopic (exact) mass is 410 g/mol. The van der Waals surface area contributed by atoms with Gasteiger partial charge in [-0.15, -0.1) is 11.3 Å². The number of nitrogens with zero attached hydrogens (tertiary/aromatic N) is 1. The Hall–Kier alpha value is -1.41. The van der Waals surface area contributed by atoms with E-state index >= 15 is 0 Å². The maximum absolute atomic E-state index is 12.4. The number of hydrogen-bond donors (Lipinski definition) is 2. The molecule has 1 saturated heterocycles. The summed E-state index contributed by atoms with van der Waals surface area (Å²) in [6.07, 6.45) is 0. The fourth-order valence-corrected chi connectivity index (χ4v) is 3.98. The number of rotatable bonds is 5. The molecule has 0 spiro atoms. The predicted molar refractivity (Wildman–Crippen MR) is 97.6 cm³/mol. The molecule has 3 rings (SSSR count). The number of carbonyl (C=O) groups excluding carboxylic acids is 1. The summed E-state index contributed by atoms with van der Waals surface area (Å²) in [6, 6.07) is 9.07. The zero-order chi connectivity index (χ0) is 16.9. The lowest BCUT2D eigenvalue weighted by molar-refractivity contribution is 0.0169. The van der Waals surface area contributed by atoms with Crippen LogP contribution in [-0.2, 0) is 4.74 Å². The molecule has 1 aliphatic heterocycles. The first-order valence-corrected chi connectivity index (χ1v) is 9.44. The van der Waals surface area contributed by atoms with Gasteiger partial charge in [-0.3, -0.25) is 9.69 Å². The maximum Gasteiger partial charge on any atom is 0.255 e. The minimum atomic E-state index is -0.274. The van der Waals surface area contributed by atoms with Gasteiger partial charge in [-0.25, -0.2) is 0 Å². The van der Waals surface area contributed by atoms with Crippen molar-refractivity contribution in [1.82, 2.24) is 10.2 Å². The SMILES string of the molecule is O=C(NCC(c1cccs1)N1CCOCC1)c1cc(Br)ccc1O. The number of amides is 1. The third kappa shape index (κ3) is 4.16. The summed E-state index contributed by atoms with van der Waals surface area (Å²) >= 11 is 5.01. The van der Waals surface area contributed by atoms with Gasteiger partial charge in [0.1, 0.15) is 5.75 Å². The second-order valence-electron chi connectivity index (χ2n) is 5.55. The van der Waals surface area contributed by atoms with Gasteiger partial charge in [0, 0.05) is 29.0 Å². The molecular weight excluding hydrogens is 392 g/mol. The van der Waals surface area contributed by atoms with E-state index in [2.05, 4.69) is 32.2 Å². The van der Waals surface area contributed by atoms with Gasteiger partial charge in [0.15, 0.2) is 0 Å². The van der Waals surface area contributed by atoms with Gasteiger partial charge in [-0.2, -0.15) is 0 Å². The Kier molecular flexibility index (Phi) is 5.89. The molecule has 2 heterocycles. The number of benzene rings is 1. The summed E-state index contributed by atoms with van der Waals surface area (Å²) in [5.74, 6) is -0.293. The van der Waals surface area contributed by atoms with Gasteiger partial charge >= 0.3 is 0 Å². The number of nitrogens with one attached hydrogen (secondary N) is 1. The number of phenols is 1. The van der Waals surface area contributed by atoms with Crippen molar-refractivity contribution >= 4 is 33.2 Å². The lowest BCUT2D eigenvalue weighted by Gasteiger charge is -2.34. The fraction of sp³-hybridized carbons (Fsp3) is 0.353. The van der Waals surface area contributed by atoms with Crippen LogP contribution in [0.5, 0.6) is 5.75 Å². The molecule has 1 atom stereocenters. The molecule has 1 aliphatic rings. The van der Waals surface area contributed by atoms with E-state index in [4.69, 9.17) is 4.74 Å². The van der Waals surface area contributed by atoms with Crippen LogP contribution in [0.3, 0.4) is 0 Å². The van der Waals surface area contributed by atoms with Crippen LogP contribution < -0.4 is 5.32 Å². The third-order valence-corrected chi connectivity index (χ3v) is 5.48. The molecule has 1 aromatic heterocycles. The van der Waals surface area contributed by atoms with Gasteiger partial charge in [-0.05, 0) is 29.6 Å². The van der Waals surface area contributed by atoms with Crippen molar-refractivity contribution in [2.45, 2.75) is 6.04 Å². The average molecular weight is 411 g/mol. The predicted octanol–water partition coefficient (Wildman–Crippen LogP) is 3.02. The van der Waals surface area contributed by atoms with Crippen LogP contribution in [0.25, 0.3) is 0 Å². The van der Waals surface area contributed by atoms with Crippen molar-refractivity contribution in [3.8, 4) is 5.75 Å². The molecule has 0 radical (unpaired) electrons. The van der Waals surface area contributed by atoms with E-state index in [9.17, 15) is 9.90 Å². The van der Waals surface area contributed by atoms with Crippen molar-refractivity contribution in [2.24, 2.45) is 0 Å². The Bertz CT molecular complexity index is 687. The number of aromatic hydroxyl groups is 1. The molecular formula is C17H19BrN2O3S. The van der Waals surface area contributed by atoms with Crippen LogP contribution in [0, 0.1) is 0 Å². The van der Waals surface area contributed by atoms with E-state index in [1.165, 1.54) is 10.9 Å². The molecule has 0 aliphatic carbocycles. The number of carbonyl (C=O) groups is 1. The minimum Gasteiger partial charge on any atom is -0.507 e. The zero-order valence-electron chi connectivity index (χ0n) is 13.1. The molecule has 0 saturated carbocycles. The molecule has 1 amide bonds. The van der Waals surface area contributed by atoms with E-state index in [-0.39, 0.29) is 23.3 Å². The molecule has 0 bridgehead atoms. The van der Waals surface area contributed by atoms with Crippen LogP contribution in [0.2, 0.25) is 0 Å². The van der Waals surface area contributed by atoms with Crippen LogP contribution >= 0.6 is 27.3 Å². The highest BCUT2D eigenvalue weighted by Gasteiger charge is 2.24. The van der Waals surface area contributed by atoms with Crippen molar-refractivity contribution in [1.29, 1.82) is 0 Å². The summed E-state index contributed by atoms with van der Waals surface area (Å²) in [4.78, 5) is 16.0. The smallest absolute Gasteiger partial charge is 0.255 e. The molecule has 128 valence electrons. The van der Waals surface area contributed by atoms with Gasteiger partial charge in [0.05, 0.1) is 24.8 Å². The topological polar surface area (TPSA) is 61.8 Å². The van der Waals surface area contributed by atoms with Crippen LogP contribution in [-0.4, -0.2) is 48.8 Å². The lowest BCUT2D eigenvalue weighted by atomic mass is 10.1. The van der Waals surface area contributed by atoms with Crippen LogP contribution in [0.4, 0.5) is 0 Å². The second-order valence-corrected chi connectivity index (χ2v) is 7.45. The summed E-state index contributed by atoms with van der Waals surface area (Å²) in [5.41, 5.74) is 0.274. The third-order valence-electron chi connectivity index (χ3n) is 4.02. The Morgan fingerprint density at radius 1 is 1.38 bits per heavy atom. The number of phenolic OH excluding ortho intramolecular Hbond substituents is 1. The first-order chi connectivity index (χ1) is 11.6. The highest BCUT2D eigenvalue weighted by molar-refractivity contribution is 9.10. The number of morpholine rings is 1. The maximum atomic E-state index is 12.4. The largest absolute Gasteiger partial charge is 0.507 e. The van der Waals surface area contributed by atoms with E-state index < -0.39 is 0 Å². The molecule has 1 fully saturated rings. The standard InChI is InChI=1S/C17H19BrN2O3S/c18-12-3-4-15(21)13(10-12)17(22)19-11-14(16-2-1-9-24-16)20-5-7-23-8-6-20/h1-4,9-10,14,21H,5-8,11H2,(H,19,22). The molecule has 24 heavy (non-hydrogen) atoms. The summed E-state index contributed by atoms with van der Waals surface area (Å²) < 4.78 is 6.18. The first-order valence-electron chi connectivity index (χ1n) is 7.77. The Morgan fingerprint density at radius 3 is 2.88 bits per heavy atom. The van der Waals surface area contributed by atoms with Crippen molar-refractivity contribution in [2.75, 3.05) is 32.8 Å². The van der Waals surface area contributed by atoms with E-state index in [0.717, 1.165) is 17.6 Å². The number of thiophene rings is 1. The highest BCUT2D eigenvalue weighted by atomic mass is 79.9. The fourth-order valence-electron chi connectivity index (χ4n) is 2.75. The Balaban J connectivity index is 1.71. The molecule has 2 aromatic rings. The zero-order valence-corrected chi connectivity index (χ0v) is 15.5. The lowest BCUT2D eigenvalue weighted by Crippen LogP contribution is -2.43.